The molecule has 2 aliphatic carbocycles. The Labute approximate surface area is 558 Å². The Bertz CT molecular complexity index is 6660. The van der Waals surface area contributed by atoms with Gasteiger partial charge in [0.2, 0.25) is 0 Å². The van der Waals surface area contributed by atoms with Crippen LogP contribution in [0.2, 0.25) is 0 Å². The summed E-state index contributed by atoms with van der Waals surface area (Å²) in [5.74, 6) is 1.52. The van der Waals surface area contributed by atoms with Gasteiger partial charge in [-0.05, 0) is 164 Å². The van der Waals surface area contributed by atoms with Gasteiger partial charge in [-0.2, -0.15) is 0 Å². The van der Waals surface area contributed by atoms with Crippen molar-refractivity contribution in [3.8, 4) is 101 Å². The Kier molecular flexibility index (Phi) is 11.5. The topological polar surface area (TPSA) is 61.4 Å². The summed E-state index contributed by atoms with van der Waals surface area (Å²) < 4.78 is 9.86. The highest BCUT2D eigenvalue weighted by atomic mass is 32.1. The molecule has 0 atom stereocenters. The van der Waals surface area contributed by atoms with Crippen molar-refractivity contribution < 1.29 is 0 Å². The highest BCUT2D eigenvalue weighted by molar-refractivity contribution is 7.26. The number of hydrogen-bond donors (Lipinski definition) is 0. The summed E-state index contributed by atoms with van der Waals surface area (Å²) in [6.07, 6.45) is 4.01. The second-order valence-electron chi connectivity index (χ2n) is 25.2. The van der Waals surface area contributed by atoms with E-state index in [4.69, 9.17) is 19.9 Å². The first kappa shape index (κ1) is 53.3. The van der Waals surface area contributed by atoms with Gasteiger partial charge in [0, 0.05) is 119 Å². The third kappa shape index (κ3) is 7.97. The van der Waals surface area contributed by atoms with Crippen LogP contribution in [0.1, 0.15) is 0 Å². The standard InChI is InChI=1S/2C44H25N3S/c1-2-11-29(12-3-1)47-37-17-5-4-13-32(37)42-30(14-8-18-38(42)47)27-19-21-39-34(23-27)35-24-28(20-22-40(35)48-39)44-45-25-36-31-15-6-9-26-10-7-16-33(41(26)31)43(36)46-44;1-2-10-30(11-3-1)47-38-15-5-4-12-31(38)32-19-16-28(24-39(32)47)27-17-20-40-35(22-27)36-23-29(18-21-41(36)48-40)44-45-25-37-33-13-6-8-26-9-7-14-34(42(26)33)43(37)46-44/h2*1-25H. The van der Waals surface area contributed by atoms with Crippen LogP contribution in [0.25, 0.3) is 207 Å². The van der Waals surface area contributed by atoms with Crippen molar-refractivity contribution in [3.05, 3.63) is 304 Å². The van der Waals surface area contributed by atoms with Gasteiger partial charge in [0.25, 0.3) is 0 Å². The Balaban J connectivity index is 0.000000127. The highest BCUT2D eigenvalue weighted by Crippen LogP contribution is 2.50. The monoisotopic (exact) mass is 1250 g/mol. The molecule has 0 bridgehead atoms. The van der Waals surface area contributed by atoms with Crippen LogP contribution in [-0.4, -0.2) is 29.1 Å². The van der Waals surface area contributed by atoms with Gasteiger partial charge in [-0.25, -0.2) is 19.9 Å². The third-order valence-electron chi connectivity index (χ3n) is 20.0. The van der Waals surface area contributed by atoms with Gasteiger partial charge in [0.1, 0.15) is 0 Å². The lowest BCUT2D eigenvalue weighted by molar-refractivity contribution is 1.18. The molecule has 20 aromatic rings. The van der Waals surface area contributed by atoms with E-state index in [1.165, 1.54) is 161 Å². The van der Waals surface area contributed by atoms with Crippen molar-refractivity contribution in [1.29, 1.82) is 0 Å². The Morgan fingerprint density at radius 3 is 1.20 bits per heavy atom. The van der Waals surface area contributed by atoms with Gasteiger partial charge >= 0.3 is 0 Å². The molecule has 0 saturated carbocycles. The molecule has 22 rings (SSSR count). The zero-order valence-corrected chi connectivity index (χ0v) is 53.0. The molecule has 6 aromatic heterocycles. The van der Waals surface area contributed by atoms with E-state index in [9.17, 15) is 0 Å². The van der Waals surface area contributed by atoms with Crippen molar-refractivity contribution in [3.63, 3.8) is 0 Å². The van der Waals surface area contributed by atoms with E-state index < -0.39 is 0 Å². The molecular formula is C88H50N6S2. The maximum absolute atomic E-state index is 5.18. The summed E-state index contributed by atoms with van der Waals surface area (Å²) in [6.45, 7) is 0. The maximum atomic E-state index is 5.18. The van der Waals surface area contributed by atoms with Crippen molar-refractivity contribution in [1.82, 2.24) is 29.1 Å². The van der Waals surface area contributed by atoms with E-state index in [2.05, 4.69) is 300 Å². The van der Waals surface area contributed by atoms with Crippen molar-refractivity contribution in [2.45, 2.75) is 0 Å². The number of thiophene rings is 2. The van der Waals surface area contributed by atoms with Crippen LogP contribution in [0.15, 0.2) is 304 Å². The number of nitrogens with zero attached hydrogens (tertiary/aromatic N) is 6. The van der Waals surface area contributed by atoms with E-state index in [0.29, 0.717) is 0 Å². The number of benzene rings is 14. The average molecular weight is 1260 g/mol. The maximum Gasteiger partial charge on any atom is 0.159 e. The fourth-order valence-electron chi connectivity index (χ4n) is 15.7. The number of rotatable bonds is 6. The molecule has 8 heteroatoms. The zero-order chi connectivity index (χ0) is 62.7. The van der Waals surface area contributed by atoms with Gasteiger partial charge in [-0.1, -0.05) is 182 Å². The lowest BCUT2D eigenvalue weighted by Gasteiger charge is -2.09. The van der Waals surface area contributed by atoms with E-state index in [0.717, 1.165) is 45.3 Å². The van der Waals surface area contributed by atoms with Crippen LogP contribution in [0.4, 0.5) is 0 Å². The van der Waals surface area contributed by atoms with Crippen LogP contribution in [-0.2, 0) is 0 Å². The zero-order valence-electron chi connectivity index (χ0n) is 51.4. The number of aromatic nitrogens is 6. The molecule has 0 saturated heterocycles. The summed E-state index contributed by atoms with van der Waals surface area (Å²) >= 11 is 3.68. The van der Waals surface area contributed by atoms with Gasteiger partial charge in [0.05, 0.1) is 33.5 Å². The van der Waals surface area contributed by atoms with Crippen LogP contribution < -0.4 is 0 Å². The average Bonchev–Trinajstić information content (AvgIpc) is 1.60. The molecular weight excluding hydrogens is 1210 g/mol. The quantitative estimate of drug-likeness (QED) is 0.166. The molecule has 0 aliphatic heterocycles. The normalized spacial score (nSPS) is 12.2. The van der Waals surface area contributed by atoms with Crippen molar-refractivity contribution in [2.75, 3.05) is 0 Å². The smallest absolute Gasteiger partial charge is 0.159 e. The molecule has 0 spiro atoms. The number of fused-ring (bicyclic) bond motifs is 18. The minimum absolute atomic E-state index is 0.759. The van der Waals surface area contributed by atoms with Crippen molar-refractivity contribution >= 4 is 128 Å². The molecule has 2 aliphatic rings. The van der Waals surface area contributed by atoms with Gasteiger partial charge in [0.15, 0.2) is 11.6 Å². The van der Waals surface area contributed by atoms with Crippen LogP contribution in [0, 0.1) is 0 Å². The fraction of sp³-hybridized carbons (Fsp3) is 0. The highest BCUT2D eigenvalue weighted by Gasteiger charge is 2.27. The first-order valence-corrected chi connectivity index (χ1v) is 34.1. The molecule has 96 heavy (non-hydrogen) atoms. The Morgan fingerprint density at radius 1 is 0.240 bits per heavy atom. The molecule has 0 unspecified atom stereocenters. The van der Waals surface area contributed by atoms with Crippen molar-refractivity contribution in [2.24, 2.45) is 0 Å². The minimum Gasteiger partial charge on any atom is -0.309 e. The Morgan fingerprint density at radius 2 is 0.635 bits per heavy atom. The predicted molar refractivity (Wildman–Crippen MR) is 404 cm³/mol. The second kappa shape index (κ2) is 20.6. The lowest BCUT2D eigenvalue weighted by atomic mass is 9.97. The molecule has 0 radical (unpaired) electrons. The van der Waals surface area contributed by atoms with E-state index in [1.54, 1.807) is 0 Å². The van der Waals surface area contributed by atoms with Crippen LogP contribution >= 0.6 is 22.7 Å². The van der Waals surface area contributed by atoms with E-state index >= 15 is 0 Å². The summed E-state index contributed by atoms with van der Waals surface area (Å²) in [7, 11) is 0. The minimum atomic E-state index is 0.759. The summed E-state index contributed by atoms with van der Waals surface area (Å²) in [5.41, 5.74) is 23.2. The number of hydrogen-bond acceptors (Lipinski definition) is 6. The molecule has 0 N–H and O–H groups in total. The molecule has 6 heterocycles. The lowest BCUT2D eigenvalue weighted by Crippen LogP contribution is -1.93. The summed E-state index contributed by atoms with van der Waals surface area (Å²) in [5, 5.41) is 15.1. The predicted octanol–water partition coefficient (Wildman–Crippen LogP) is 24.2. The molecule has 0 fully saturated rings. The van der Waals surface area contributed by atoms with Gasteiger partial charge in [-0.3, -0.25) is 0 Å². The Hall–Kier alpha value is -12.2. The largest absolute Gasteiger partial charge is 0.309 e. The number of para-hydroxylation sites is 4. The SMILES string of the molecule is c1ccc(-n2c3ccccc3c3c(-c4ccc5sc6ccc(-c7ncc8c(n7)-c7cccc9cccc-8c79)cc6c5c4)cccc32)cc1.c1ccc(-n2c3ccccc3c3ccc(-c4ccc5sc6ccc(-c7ncc8c(n7)-c7cccc9cccc-8c79)cc6c5c4)cc32)cc1. The van der Waals surface area contributed by atoms with Gasteiger partial charge < -0.3 is 9.13 Å². The second-order valence-corrected chi connectivity index (χ2v) is 27.4. The van der Waals surface area contributed by atoms with Gasteiger partial charge in [-0.15, -0.1) is 22.7 Å². The summed E-state index contributed by atoms with van der Waals surface area (Å²) in [4.78, 5) is 20.2. The first-order chi connectivity index (χ1) is 47.6. The van der Waals surface area contributed by atoms with E-state index in [-0.39, 0.29) is 0 Å². The molecule has 0 amide bonds. The molecule has 14 aromatic carbocycles. The fourth-order valence-corrected chi connectivity index (χ4v) is 17.8. The molecule has 444 valence electrons. The van der Waals surface area contributed by atoms with Crippen LogP contribution in [0.3, 0.4) is 0 Å². The molecule has 6 nitrogen and oxygen atoms in total. The van der Waals surface area contributed by atoms with E-state index in [1.807, 2.05) is 35.1 Å². The van der Waals surface area contributed by atoms with Crippen LogP contribution in [0.5, 0.6) is 0 Å². The first-order valence-electron chi connectivity index (χ1n) is 32.5. The third-order valence-corrected chi connectivity index (χ3v) is 22.3. The summed E-state index contributed by atoms with van der Waals surface area (Å²) in [6, 6.07) is 105.